The zero-order valence-electron chi connectivity index (χ0n) is 21.7. The molecule has 4 rings (SSSR count). The Balaban J connectivity index is 1.63. The van der Waals surface area contributed by atoms with Crippen molar-refractivity contribution < 1.29 is 14.3 Å². The van der Waals surface area contributed by atoms with Gasteiger partial charge in [0, 0.05) is 30.7 Å². The van der Waals surface area contributed by atoms with Crippen LogP contribution in [0.15, 0.2) is 78.1 Å². The van der Waals surface area contributed by atoms with Crippen LogP contribution in [0.4, 0.5) is 5.69 Å². The summed E-state index contributed by atoms with van der Waals surface area (Å²) in [6, 6.07) is 21.6. The molecule has 7 heteroatoms. The van der Waals surface area contributed by atoms with Crippen molar-refractivity contribution in [3.63, 3.8) is 0 Å². The van der Waals surface area contributed by atoms with Gasteiger partial charge in [0.1, 0.15) is 6.61 Å². The Bertz CT molecular complexity index is 1330. The first kappa shape index (κ1) is 25.9. The van der Waals surface area contributed by atoms with Crippen LogP contribution in [0, 0.1) is 11.3 Å². The van der Waals surface area contributed by atoms with Crippen molar-refractivity contribution >= 4 is 11.7 Å². The van der Waals surface area contributed by atoms with Crippen LogP contribution < -0.4 is 10.1 Å². The Hall–Kier alpha value is -4.15. The number of aromatic nitrogens is 1. The molecule has 2 aromatic carbocycles. The smallest absolute Gasteiger partial charge is 0.336 e. The van der Waals surface area contributed by atoms with Crippen molar-refractivity contribution in [1.29, 1.82) is 5.26 Å². The molecule has 1 aliphatic rings. The first-order valence-corrected chi connectivity index (χ1v) is 12.4. The van der Waals surface area contributed by atoms with E-state index in [4.69, 9.17) is 9.47 Å². The van der Waals surface area contributed by atoms with Gasteiger partial charge in [-0.05, 0) is 51.1 Å². The van der Waals surface area contributed by atoms with Crippen molar-refractivity contribution in [2.24, 2.45) is 0 Å². The summed E-state index contributed by atoms with van der Waals surface area (Å²) in [4.78, 5) is 20.2. The van der Waals surface area contributed by atoms with Crippen LogP contribution in [0.25, 0.3) is 0 Å². The lowest BCUT2D eigenvalue weighted by molar-refractivity contribution is -0.139. The summed E-state index contributed by atoms with van der Waals surface area (Å²) < 4.78 is 11.9. The Morgan fingerprint density at radius 1 is 1.14 bits per heavy atom. The van der Waals surface area contributed by atoms with E-state index in [-0.39, 0.29) is 12.7 Å². The van der Waals surface area contributed by atoms with Gasteiger partial charge in [0.05, 0.1) is 34.8 Å². The van der Waals surface area contributed by atoms with Gasteiger partial charge < -0.3 is 14.8 Å². The van der Waals surface area contributed by atoms with E-state index in [1.54, 1.807) is 12.3 Å². The molecule has 0 bridgehead atoms. The van der Waals surface area contributed by atoms with E-state index < -0.39 is 11.9 Å². The number of anilines is 1. The molecule has 0 saturated heterocycles. The molecule has 0 saturated carbocycles. The molecule has 1 unspecified atom stereocenters. The van der Waals surface area contributed by atoms with Gasteiger partial charge in [-0.3, -0.25) is 4.90 Å². The molecular weight excluding hydrogens is 464 g/mol. The number of fused-ring (bicyclic) bond motifs is 1. The third-order valence-corrected chi connectivity index (χ3v) is 6.22. The summed E-state index contributed by atoms with van der Waals surface area (Å²) in [7, 11) is 2.00. The number of hydrogen-bond acceptors (Lipinski definition) is 7. The fourth-order valence-electron chi connectivity index (χ4n) is 4.57. The van der Waals surface area contributed by atoms with E-state index in [0.717, 1.165) is 17.8 Å². The maximum absolute atomic E-state index is 13.6. The minimum atomic E-state index is -0.566. The van der Waals surface area contributed by atoms with Gasteiger partial charge in [-0.15, -0.1) is 0 Å². The molecule has 0 fully saturated rings. The summed E-state index contributed by atoms with van der Waals surface area (Å²) in [5, 5.41) is 13.2. The van der Waals surface area contributed by atoms with Gasteiger partial charge in [0.25, 0.3) is 0 Å². The Labute approximate surface area is 218 Å². The molecule has 1 aliphatic heterocycles. The van der Waals surface area contributed by atoms with E-state index in [1.165, 1.54) is 5.56 Å². The molecular formula is C30H32N4O3. The third-order valence-electron chi connectivity index (χ3n) is 6.22. The summed E-state index contributed by atoms with van der Waals surface area (Å²) in [6.45, 7) is 7.29. The molecule has 1 atom stereocenters. The Morgan fingerprint density at radius 2 is 1.86 bits per heavy atom. The van der Waals surface area contributed by atoms with Gasteiger partial charge in [-0.1, -0.05) is 48.5 Å². The van der Waals surface area contributed by atoms with Crippen molar-refractivity contribution in [2.75, 3.05) is 25.5 Å². The number of likely N-dealkylation sites (N-methyl/N-ethyl adjacent to an activating group) is 1. The summed E-state index contributed by atoms with van der Waals surface area (Å²) in [5.74, 6) is -0.567. The molecule has 7 nitrogen and oxygen atoms in total. The second-order valence-electron chi connectivity index (χ2n) is 9.40. The predicted molar refractivity (Wildman–Crippen MR) is 143 cm³/mol. The topological polar surface area (TPSA) is 87.5 Å². The predicted octanol–water partition coefficient (Wildman–Crippen LogP) is 5.25. The largest absolute Gasteiger partial charge is 0.475 e. The number of pyridine rings is 1. The van der Waals surface area contributed by atoms with E-state index in [2.05, 4.69) is 33.4 Å². The van der Waals surface area contributed by atoms with Crippen LogP contribution in [0.1, 0.15) is 48.9 Å². The zero-order valence-corrected chi connectivity index (χ0v) is 21.7. The number of allylic oxidation sites excluding steroid dienone is 1. The summed E-state index contributed by atoms with van der Waals surface area (Å²) in [6.07, 6.45) is 1.56. The lowest BCUT2D eigenvalue weighted by Crippen LogP contribution is -2.28. The zero-order chi connectivity index (χ0) is 26.4. The van der Waals surface area contributed by atoms with Crippen LogP contribution in [-0.2, 0) is 16.1 Å². The average Bonchev–Trinajstić information content (AvgIpc) is 2.88. The molecule has 190 valence electrons. The van der Waals surface area contributed by atoms with Crippen LogP contribution in [0.3, 0.4) is 0 Å². The number of esters is 1. The monoisotopic (exact) mass is 496 g/mol. The number of ether oxygens (including phenoxy) is 2. The summed E-state index contributed by atoms with van der Waals surface area (Å²) in [5.41, 5.74) is 5.03. The number of nitriles is 1. The van der Waals surface area contributed by atoms with Crippen molar-refractivity contribution in [1.82, 2.24) is 9.88 Å². The number of rotatable bonds is 9. The fourth-order valence-corrected chi connectivity index (χ4v) is 4.57. The first-order chi connectivity index (χ1) is 17.9. The molecule has 0 radical (unpaired) electrons. The molecule has 0 amide bonds. The second-order valence-corrected chi connectivity index (χ2v) is 9.40. The third kappa shape index (κ3) is 5.99. The molecule has 0 aliphatic carbocycles. The van der Waals surface area contributed by atoms with Crippen LogP contribution in [-0.4, -0.2) is 42.2 Å². The number of nitrogens with one attached hydrogen (secondary N) is 1. The highest BCUT2D eigenvalue weighted by Gasteiger charge is 2.37. The van der Waals surface area contributed by atoms with Crippen molar-refractivity contribution in [3.05, 3.63) is 100 Å². The van der Waals surface area contributed by atoms with E-state index in [9.17, 15) is 10.1 Å². The van der Waals surface area contributed by atoms with Crippen LogP contribution in [0.2, 0.25) is 0 Å². The molecule has 2 heterocycles. The fraction of sp³-hybridized carbons (Fsp3) is 0.300. The maximum atomic E-state index is 13.6. The first-order valence-electron chi connectivity index (χ1n) is 12.4. The molecule has 0 spiro atoms. The summed E-state index contributed by atoms with van der Waals surface area (Å²) >= 11 is 0. The molecule has 1 N–H and O–H groups in total. The highest BCUT2D eigenvalue weighted by atomic mass is 16.5. The Kier molecular flexibility index (Phi) is 8.22. The maximum Gasteiger partial charge on any atom is 0.336 e. The molecule has 37 heavy (non-hydrogen) atoms. The van der Waals surface area contributed by atoms with E-state index in [1.807, 2.05) is 70.3 Å². The minimum absolute atomic E-state index is 0.117. The number of hydrogen-bond donors (Lipinski definition) is 1. The minimum Gasteiger partial charge on any atom is -0.475 e. The van der Waals surface area contributed by atoms with Crippen LogP contribution >= 0.6 is 0 Å². The van der Waals surface area contributed by atoms with Gasteiger partial charge in [-0.25, -0.2) is 9.78 Å². The quantitative estimate of drug-likeness (QED) is 0.405. The lowest BCUT2D eigenvalue weighted by atomic mass is 9.79. The lowest BCUT2D eigenvalue weighted by Gasteiger charge is -2.32. The highest BCUT2D eigenvalue weighted by Crippen LogP contribution is 2.46. The molecule has 1 aromatic heterocycles. The van der Waals surface area contributed by atoms with E-state index >= 15 is 0 Å². The highest BCUT2D eigenvalue weighted by molar-refractivity contribution is 5.95. The number of benzene rings is 2. The Morgan fingerprint density at radius 3 is 2.59 bits per heavy atom. The SMILES string of the molecule is CC1=C(C(=O)OCCN(C)Cc2ccccc2)C(c2ccccc2C#N)c2c(ccnc2OC(C)C)N1. The van der Waals surface area contributed by atoms with Crippen LogP contribution in [0.5, 0.6) is 5.88 Å². The van der Waals surface area contributed by atoms with Crippen molar-refractivity contribution in [2.45, 2.75) is 39.3 Å². The number of nitrogens with zero attached hydrogens (tertiary/aromatic N) is 3. The van der Waals surface area contributed by atoms with E-state index in [0.29, 0.717) is 34.8 Å². The second kappa shape index (κ2) is 11.7. The number of carbonyl (C=O) groups is 1. The van der Waals surface area contributed by atoms with Gasteiger partial charge >= 0.3 is 5.97 Å². The van der Waals surface area contributed by atoms with Crippen molar-refractivity contribution in [3.8, 4) is 11.9 Å². The van der Waals surface area contributed by atoms with Gasteiger partial charge in [0.15, 0.2) is 0 Å². The standard InChI is InChI=1S/C30H32N4O3/c1-20(2)37-29-28-25(14-15-32-29)33-21(3)26(27(28)24-13-9-8-12-23(24)18-31)30(35)36-17-16-34(4)19-22-10-6-5-7-11-22/h5-15,20,27,33H,16-17,19H2,1-4H3. The van der Waals surface area contributed by atoms with Gasteiger partial charge in [-0.2, -0.15) is 5.26 Å². The average molecular weight is 497 g/mol. The van der Waals surface area contributed by atoms with Gasteiger partial charge in [0.2, 0.25) is 5.88 Å². The normalized spacial score (nSPS) is 14.7. The molecule has 3 aromatic rings. The number of carbonyl (C=O) groups excluding carboxylic acids is 1.